The fourth-order valence-corrected chi connectivity index (χ4v) is 6.70. The molecular formula is C33H38F2N4O. The fourth-order valence-electron chi connectivity index (χ4n) is 6.70. The second-order valence-electron chi connectivity index (χ2n) is 11.4. The Hall–Kier alpha value is -3.45. The van der Waals surface area contributed by atoms with E-state index in [9.17, 15) is 13.6 Å². The molecule has 0 aromatic heterocycles. The number of urea groups is 1. The number of unbranched alkanes of at least 4 members (excludes halogenated alkanes) is 1. The lowest BCUT2D eigenvalue weighted by molar-refractivity contribution is 0.182. The number of rotatable bonds is 9. The second kappa shape index (κ2) is 11.6. The molecule has 3 aromatic rings. The maximum absolute atomic E-state index is 14.3. The van der Waals surface area contributed by atoms with Crippen molar-refractivity contribution in [2.75, 3.05) is 44.2 Å². The predicted octanol–water partition coefficient (Wildman–Crippen LogP) is 6.55. The van der Waals surface area contributed by atoms with E-state index in [1.807, 2.05) is 28.0 Å². The smallest absolute Gasteiger partial charge is 0.320 e. The van der Waals surface area contributed by atoms with Crippen molar-refractivity contribution in [2.24, 2.45) is 0 Å². The molecule has 2 amide bonds. The first-order chi connectivity index (χ1) is 19.5. The molecule has 0 radical (unpaired) electrons. The second-order valence-corrected chi connectivity index (χ2v) is 11.4. The summed E-state index contributed by atoms with van der Waals surface area (Å²) in [7, 11) is 0. The summed E-state index contributed by atoms with van der Waals surface area (Å²) in [5.41, 5.74) is 5.53. The minimum atomic E-state index is -0.251. The average molecular weight is 545 g/mol. The molecule has 0 bridgehead atoms. The molecule has 2 fully saturated rings. The van der Waals surface area contributed by atoms with Crippen molar-refractivity contribution >= 4 is 17.4 Å². The monoisotopic (exact) mass is 544 g/mol. The maximum Gasteiger partial charge on any atom is 0.320 e. The Balaban J connectivity index is 1.01. The molecule has 3 aliphatic heterocycles. The topological polar surface area (TPSA) is 30.0 Å². The van der Waals surface area contributed by atoms with Crippen LogP contribution >= 0.6 is 0 Å². The first kappa shape index (κ1) is 26.8. The van der Waals surface area contributed by atoms with Crippen LogP contribution in [0, 0.1) is 11.6 Å². The van der Waals surface area contributed by atoms with Crippen LogP contribution in [0.3, 0.4) is 0 Å². The van der Waals surface area contributed by atoms with E-state index in [2.05, 4.69) is 41.0 Å². The number of anilines is 2. The van der Waals surface area contributed by atoms with Gasteiger partial charge in [0.15, 0.2) is 0 Å². The average Bonchev–Trinajstić information content (AvgIpc) is 3.48. The van der Waals surface area contributed by atoms with Crippen molar-refractivity contribution < 1.29 is 13.6 Å². The van der Waals surface area contributed by atoms with Gasteiger partial charge in [0, 0.05) is 62.6 Å². The molecule has 3 aliphatic rings. The number of piperidine rings is 1. The molecule has 2 atom stereocenters. The molecule has 40 heavy (non-hydrogen) atoms. The summed E-state index contributed by atoms with van der Waals surface area (Å²) >= 11 is 0. The zero-order valence-electron chi connectivity index (χ0n) is 23.2. The maximum atomic E-state index is 14.3. The molecule has 0 saturated carbocycles. The molecule has 3 aromatic carbocycles. The Labute approximate surface area is 236 Å². The van der Waals surface area contributed by atoms with Gasteiger partial charge in [0.25, 0.3) is 0 Å². The molecule has 5 nitrogen and oxygen atoms in total. The lowest BCUT2D eigenvalue weighted by atomic mass is 9.89. The number of benzene rings is 3. The Morgan fingerprint density at radius 3 is 2.27 bits per heavy atom. The number of halogens is 2. The van der Waals surface area contributed by atoms with E-state index >= 15 is 0 Å². The number of carbonyl (C=O) groups excluding carboxylic acids is 1. The van der Waals surface area contributed by atoms with Gasteiger partial charge in [-0.05, 0) is 91.4 Å². The molecule has 210 valence electrons. The normalized spacial score (nSPS) is 20.8. The van der Waals surface area contributed by atoms with E-state index in [1.165, 1.54) is 29.3 Å². The van der Waals surface area contributed by atoms with Gasteiger partial charge in [0.2, 0.25) is 0 Å². The summed E-state index contributed by atoms with van der Waals surface area (Å²) in [6, 6.07) is 20.7. The molecule has 2 saturated heterocycles. The van der Waals surface area contributed by atoms with Gasteiger partial charge in [-0.15, -0.1) is 0 Å². The number of hydrogen-bond donors (Lipinski definition) is 0. The van der Waals surface area contributed by atoms with Gasteiger partial charge < -0.3 is 19.6 Å². The van der Waals surface area contributed by atoms with Gasteiger partial charge in [-0.3, -0.25) is 0 Å². The van der Waals surface area contributed by atoms with E-state index in [0.717, 1.165) is 81.9 Å². The standard InChI is InChI=1S/C33H38F2N4O/c1-2-24-5-7-25(8-6-24)22-38-20-19-37(33(38)40)17-4-3-16-36-18-15-32-30(23-36)29-21-27(35)11-14-31(29)39(32)28-12-9-26(34)10-13-28/h5-14,21,30,32H,2-4,15-20,22-23H2,1H3. The van der Waals surface area contributed by atoms with Crippen LogP contribution < -0.4 is 4.90 Å². The SMILES string of the molecule is CCc1ccc(CN2CCN(CCCCN3CCC4C(C3)c3cc(F)ccc3N4c3ccc(F)cc3)C2=O)cc1. The number of likely N-dealkylation sites (tertiary alicyclic amines) is 1. The largest absolute Gasteiger partial charge is 0.337 e. The number of aryl methyl sites for hydroxylation is 1. The van der Waals surface area contributed by atoms with Crippen LogP contribution in [0.15, 0.2) is 66.7 Å². The van der Waals surface area contributed by atoms with E-state index < -0.39 is 0 Å². The van der Waals surface area contributed by atoms with Gasteiger partial charge in [-0.2, -0.15) is 0 Å². The van der Waals surface area contributed by atoms with Gasteiger partial charge >= 0.3 is 6.03 Å². The highest BCUT2D eigenvalue weighted by Crippen LogP contribution is 2.48. The van der Waals surface area contributed by atoms with Crippen LogP contribution in [0.1, 0.15) is 48.8 Å². The Morgan fingerprint density at radius 1 is 0.800 bits per heavy atom. The van der Waals surface area contributed by atoms with Gasteiger partial charge in [-0.1, -0.05) is 31.2 Å². The quantitative estimate of drug-likeness (QED) is 0.286. The van der Waals surface area contributed by atoms with Gasteiger partial charge in [0.05, 0.1) is 0 Å². The molecule has 7 heteroatoms. The number of hydrogen-bond acceptors (Lipinski definition) is 3. The third-order valence-corrected chi connectivity index (χ3v) is 8.88. The highest BCUT2D eigenvalue weighted by molar-refractivity contribution is 5.76. The minimum Gasteiger partial charge on any atom is -0.337 e. The van der Waals surface area contributed by atoms with Crippen LogP contribution in [0.25, 0.3) is 0 Å². The van der Waals surface area contributed by atoms with Crippen molar-refractivity contribution in [3.8, 4) is 0 Å². The van der Waals surface area contributed by atoms with Crippen LogP contribution in [-0.4, -0.2) is 66.0 Å². The third-order valence-electron chi connectivity index (χ3n) is 8.88. The first-order valence-electron chi connectivity index (χ1n) is 14.7. The number of nitrogens with zero attached hydrogens (tertiary/aromatic N) is 4. The summed E-state index contributed by atoms with van der Waals surface area (Å²) in [4.78, 5) is 21.7. The Morgan fingerprint density at radius 2 is 1.50 bits per heavy atom. The lowest BCUT2D eigenvalue weighted by Gasteiger charge is -2.39. The molecule has 0 spiro atoms. The van der Waals surface area contributed by atoms with E-state index in [1.54, 1.807) is 6.07 Å². The van der Waals surface area contributed by atoms with Crippen LogP contribution in [0.2, 0.25) is 0 Å². The fraction of sp³-hybridized carbons (Fsp3) is 0.424. The Kier molecular flexibility index (Phi) is 7.74. The third kappa shape index (κ3) is 5.44. The van der Waals surface area contributed by atoms with Crippen molar-refractivity contribution in [2.45, 2.75) is 51.1 Å². The first-order valence-corrected chi connectivity index (χ1v) is 14.7. The van der Waals surface area contributed by atoms with Gasteiger partial charge in [0.1, 0.15) is 11.6 Å². The molecule has 6 rings (SSSR count). The highest BCUT2D eigenvalue weighted by atomic mass is 19.1. The summed E-state index contributed by atoms with van der Waals surface area (Å²) < 4.78 is 27.9. The summed E-state index contributed by atoms with van der Waals surface area (Å²) in [5.74, 6) is -0.249. The van der Waals surface area contributed by atoms with Crippen LogP contribution in [0.4, 0.5) is 25.0 Å². The molecule has 2 unspecified atom stereocenters. The van der Waals surface area contributed by atoms with Crippen molar-refractivity contribution in [3.63, 3.8) is 0 Å². The van der Waals surface area contributed by atoms with Crippen LogP contribution in [0.5, 0.6) is 0 Å². The van der Waals surface area contributed by atoms with E-state index in [0.29, 0.717) is 6.54 Å². The summed E-state index contributed by atoms with van der Waals surface area (Å²) in [6.07, 6.45) is 3.99. The lowest BCUT2D eigenvalue weighted by Crippen LogP contribution is -2.45. The minimum absolute atomic E-state index is 0.144. The molecule has 0 N–H and O–H groups in total. The Bertz CT molecular complexity index is 1330. The molecule has 0 aliphatic carbocycles. The number of carbonyl (C=O) groups is 1. The highest BCUT2D eigenvalue weighted by Gasteiger charge is 2.42. The molecular weight excluding hydrogens is 506 g/mol. The zero-order valence-corrected chi connectivity index (χ0v) is 23.2. The van der Waals surface area contributed by atoms with E-state index in [-0.39, 0.29) is 29.6 Å². The van der Waals surface area contributed by atoms with Crippen LogP contribution in [-0.2, 0) is 13.0 Å². The number of amides is 2. The zero-order chi connectivity index (χ0) is 27.6. The predicted molar refractivity (Wildman–Crippen MR) is 155 cm³/mol. The van der Waals surface area contributed by atoms with Crippen molar-refractivity contribution in [1.29, 1.82) is 0 Å². The van der Waals surface area contributed by atoms with Gasteiger partial charge in [-0.25, -0.2) is 13.6 Å². The van der Waals surface area contributed by atoms with E-state index in [4.69, 9.17) is 0 Å². The summed E-state index contributed by atoms with van der Waals surface area (Å²) in [5, 5.41) is 0. The molecule has 3 heterocycles. The van der Waals surface area contributed by atoms with Crippen molar-refractivity contribution in [3.05, 3.63) is 95.1 Å². The van der Waals surface area contributed by atoms with Crippen molar-refractivity contribution in [1.82, 2.24) is 14.7 Å². The number of fused-ring (bicyclic) bond motifs is 3. The summed E-state index contributed by atoms with van der Waals surface area (Å²) in [6.45, 7) is 8.01.